The molecule has 0 spiro atoms. The molecule has 3 nitrogen and oxygen atoms in total. The molecule has 0 unspecified atom stereocenters. The molecule has 0 amide bonds. The zero-order chi connectivity index (χ0) is 14.5. The van der Waals surface area contributed by atoms with E-state index < -0.39 is 0 Å². The van der Waals surface area contributed by atoms with Gasteiger partial charge in [-0.25, -0.2) is 0 Å². The zero-order valence-corrected chi connectivity index (χ0v) is 12.5. The standard InChI is InChI=1S/C16H19ClN2O/c1-19(11-12-5-3-4-6-16(12)20-2)15-8-7-14(17)9-13(15)10-18/h3-9H,10-11,18H2,1-2H3. The number of hydrogen-bond donors (Lipinski definition) is 1. The van der Waals surface area contributed by atoms with E-state index in [9.17, 15) is 0 Å². The highest BCUT2D eigenvalue weighted by Crippen LogP contribution is 2.26. The first kappa shape index (κ1) is 14.7. The molecule has 2 aromatic carbocycles. The van der Waals surface area contributed by atoms with Crippen LogP contribution in [0.5, 0.6) is 5.75 Å². The van der Waals surface area contributed by atoms with E-state index in [2.05, 4.69) is 11.0 Å². The number of anilines is 1. The lowest BCUT2D eigenvalue weighted by atomic mass is 10.1. The highest BCUT2D eigenvalue weighted by molar-refractivity contribution is 6.30. The van der Waals surface area contributed by atoms with Crippen LogP contribution in [-0.2, 0) is 13.1 Å². The van der Waals surface area contributed by atoms with E-state index in [0.717, 1.165) is 29.1 Å². The summed E-state index contributed by atoms with van der Waals surface area (Å²) in [6, 6.07) is 13.8. The minimum atomic E-state index is 0.464. The lowest BCUT2D eigenvalue weighted by molar-refractivity contribution is 0.409. The average molecular weight is 291 g/mol. The van der Waals surface area contributed by atoms with Crippen LogP contribution in [0.2, 0.25) is 5.02 Å². The Morgan fingerprint density at radius 3 is 2.60 bits per heavy atom. The lowest BCUT2D eigenvalue weighted by Gasteiger charge is -2.23. The van der Waals surface area contributed by atoms with Gasteiger partial charge < -0.3 is 15.4 Å². The molecule has 2 rings (SSSR count). The van der Waals surface area contributed by atoms with Crippen LogP contribution >= 0.6 is 11.6 Å². The molecule has 0 saturated carbocycles. The topological polar surface area (TPSA) is 38.5 Å². The third-order valence-corrected chi connectivity index (χ3v) is 3.51. The van der Waals surface area contributed by atoms with Gasteiger partial charge in [-0.3, -0.25) is 0 Å². The molecular formula is C16H19ClN2O. The number of nitrogens with zero attached hydrogens (tertiary/aromatic N) is 1. The van der Waals surface area contributed by atoms with Gasteiger partial charge in [0, 0.05) is 36.4 Å². The van der Waals surface area contributed by atoms with Gasteiger partial charge in [-0.15, -0.1) is 0 Å². The van der Waals surface area contributed by atoms with Gasteiger partial charge in [-0.2, -0.15) is 0 Å². The van der Waals surface area contributed by atoms with Crippen LogP contribution in [-0.4, -0.2) is 14.2 Å². The van der Waals surface area contributed by atoms with Crippen LogP contribution < -0.4 is 15.4 Å². The fourth-order valence-corrected chi connectivity index (χ4v) is 2.46. The first-order valence-corrected chi connectivity index (χ1v) is 6.85. The highest BCUT2D eigenvalue weighted by atomic mass is 35.5. The van der Waals surface area contributed by atoms with Crippen molar-refractivity contribution in [3.05, 3.63) is 58.6 Å². The van der Waals surface area contributed by atoms with Gasteiger partial charge in [0.15, 0.2) is 0 Å². The van der Waals surface area contributed by atoms with Gasteiger partial charge in [0.25, 0.3) is 0 Å². The van der Waals surface area contributed by atoms with Crippen molar-refractivity contribution in [2.24, 2.45) is 5.73 Å². The maximum absolute atomic E-state index is 6.01. The minimum absolute atomic E-state index is 0.464. The SMILES string of the molecule is COc1ccccc1CN(C)c1ccc(Cl)cc1CN. The van der Waals surface area contributed by atoms with Crippen LogP contribution in [0.4, 0.5) is 5.69 Å². The predicted molar refractivity (Wildman–Crippen MR) is 84.4 cm³/mol. The van der Waals surface area contributed by atoms with Gasteiger partial charge in [-0.1, -0.05) is 29.8 Å². The molecule has 0 heterocycles. The number of rotatable bonds is 5. The first-order valence-electron chi connectivity index (χ1n) is 6.47. The van der Waals surface area contributed by atoms with Crippen molar-refractivity contribution in [1.29, 1.82) is 0 Å². The van der Waals surface area contributed by atoms with E-state index in [1.807, 2.05) is 43.4 Å². The number of ether oxygens (including phenoxy) is 1. The second-order valence-electron chi connectivity index (χ2n) is 4.65. The van der Waals surface area contributed by atoms with Gasteiger partial charge in [-0.05, 0) is 29.8 Å². The largest absolute Gasteiger partial charge is 0.496 e. The molecule has 4 heteroatoms. The molecular weight excluding hydrogens is 272 g/mol. The fraction of sp³-hybridized carbons (Fsp3) is 0.250. The smallest absolute Gasteiger partial charge is 0.123 e. The third kappa shape index (κ3) is 3.24. The van der Waals surface area contributed by atoms with E-state index in [4.69, 9.17) is 22.1 Å². The lowest BCUT2D eigenvalue weighted by Crippen LogP contribution is -2.19. The normalized spacial score (nSPS) is 10.4. The third-order valence-electron chi connectivity index (χ3n) is 3.27. The van der Waals surface area contributed by atoms with E-state index in [-0.39, 0.29) is 0 Å². The van der Waals surface area contributed by atoms with Gasteiger partial charge >= 0.3 is 0 Å². The Hall–Kier alpha value is -1.71. The first-order chi connectivity index (χ1) is 9.65. The van der Waals surface area contributed by atoms with E-state index in [1.165, 1.54) is 0 Å². The molecule has 0 radical (unpaired) electrons. The van der Waals surface area contributed by atoms with Crippen molar-refractivity contribution in [3.8, 4) is 5.75 Å². The van der Waals surface area contributed by atoms with Crippen LogP contribution in [0, 0.1) is 0 Å². The number of para-hydroxylation sites is 1. The molecule has 0 aliphatic heterocycles. The van der Waals surface area contributed by atoms with Crippen molar-refractivity contribution < 1.29 is 4.74 Å². The summed E-state index contributed by atoms with van der Waals surface area (Å²) in [7, 11) is 3.72. The van der Waals surface area contributed by atoms with Crippen molar-refractivity contribution in [1.82, 2.24) is 0 Å². The highest BCUT2D eigenvalue weighted by Gasteiger charge is 2.10. The summed E-state index contributed by atoms with van der Waals surface area (Å²) in [5.41, 5.74) is 9.05. The molecule has 0 atom stereocenters. The van der Waals surface area contributed by atoms with E-state index in [0.29, 0.717) is 11.6 Å². The van der Waals surface area contributed by atoms with E-state index >= 15 is 0 Å². The minimum Gasteiger partial charge on any atom is -0.496 e. The van der Waals surface area contributed by atoms with Crippen LogP contribution in [0.25, 0.3) is 0 Å². The summed E-state index contributed by atoms with van der Waals surface area (Å²) in [6.07, 6.45) is 0. The Morgan fingerprint density at radius 1 is 1.15 bits per heavy atom. The summed E-state index contributed by atoms with van der Waals surface area (Å²) >= 11 is 6.01. The fourth-order valence-electron chi connectivity index (χ4n) is 2.26. The number of hydrogen-bond acceptors (Lipinski definition) is 3. The molecule has 0 fully saturated rings. The quantitative estimate of drug-likeness (QED) is 0.917. The summed E-state index contributed by atoms with van der Waals surface area (Å²) in [5.74, 6) is 0.891. The summed E-state index contributed by atoms with van der Waals surface area (Å²) in [5, 5.41) is 0.708. The van der Waals surface area contributed by atoms with Crippen molar-refractivity contribution >= 4 is 17.3 Å². The maximum atomic E-state index is 6.01. The van der Waals surface area contributed by atoms with Crippen LogP contribution in [0.15, 0.2) is 42.5 Å². The molecule has 2 aromatic rings. The summed E-state index contributed by atoms with van der Waals surface area (Å²) < 4.78 is 5.39. The molecule has 0 aliphatic rings. The molecule has 0 bridgehead atoms. The Labute approximate surface area is 124 Å². The molecule has 0 aromatic heterocycles. The average Bonchev–Trinajstić information content (AvgIpc) is 2.47. The van der Waals surface area contributed by atoms with Crippen molar-refractivity contribution in [3.63, 3.8) is 0 Å². The molecule has 0 aliphatic carbocycles. The van der Waals surface area contributed by atoms with E-state index in [1.54, 1.807) is 7.11 Å². The number of benzene rings is 2. The number of nitrogens with two attached hydrogens (primary N) is 1. The van der Waals surface area contributed by atoms with Gasteiger partial charge in [0.1, 0.15) is 5.75 Å². The molecule has 106 valence electrons. The van der Waals surface area contributed by atoms with Crippen LogP contribution in [0.1, 0.15) is 11.1 Å². The van der Waals surface area contributed by atoms with Crippen molar-refractivity contribution in [2.75, 3.05) is 19.1 Å². The summed E-state index contributed by atoms with van der Waals surface area (Å²) in [6.45, 7) is 1.21. The Morgan fingerprint density at radius 2 is 1.90 bits per heavy atom. The van der Waals surface area contributed by atoms with Gasteiger partial charge in [0.2, 0.25) is 0 Å². The Balaban J connectivity index is 2.26. The zero-order valence-electron chi connectivity index (χ0n) is 11.8. The molecule has 20 heavy (non-hydrogen) atoms. The van der Waals surface area contributed by atoms with Crippen LogP contribution in [0.3, 0.4) is 0 Å². The van der Waals surface area contributed by atoms with Crippen molar-refractivity contribution in [2.45, 2.75) is 13.1 Å². The Bertz CT molecular complexity index is 586. The second-order valence-corrected chi connectivity index (χ2v) is 5.08. The molecule has 2 N–H and O–H groups in total. The molecule has 0 saturated heterocycles. The number of halogens is 1. The number of methoxy groups -OCH3 is 1. The maximum Gasteiger partial charge on any atom is 0.123 e. The second kappa shape index (κ2) is 6.64. The monoisotopic (exact) mass is 290 g/mol. The Kier molecular flexibility index (Phi) is 4.88. The predicted octanol–water partition coefficient (Wildman–Crippen LogP) is 3.44. The van der Waals surface area contributed by atoms with Gasteiger partial charge in [0.05, 0.1) is 7.11 Å². The summed E-state index contributed by atoms with van der Waals surface area (Å²) in [4.78, 5) is 2.15.